The van der Waals surface area contributed by atoms with Gasteiger partial charge in [-0.15, -0.1) is 11.3 Å². The van der Waals surface area contributed by atoms with Crippen molar-refractivity contribution in [3.05, 3.63) is 45.1 Å². The van der Waals surface area contributed by atoms with E-state index < -0.39 is 0 Å². The first-order chi connectivity index (χ1) is 12.1. The van der Waals surface area contributed by atoms with E-state index in [4.69, 9.17) is 0 Å². The van der Waals surface area contributed by atoms with Crippen LogP contribution < -0.4 is 10.6 Å². The topological polar surface area (TPSA) is 58.2 Å². The minimum Gasteiger partial charge on any atom is -0.326 e. The molecule has 0 spiro atoms. The predicted octanol–water partition coefficient (Wildman–Crippen LogP) is 4.93. The maximum atomic E-state index is 12.7. The molecule has 3 rings (SSSR count). The van der Waals surface area contributed by atoms with Crippen molar-refractivity contribution in [2.45, 2.75) is 52.4 Å². The van der Waals surface area contributed by atoms with Gasteiger partial charge in [0, 0.05) is 22.7 Å². The van der Waals surface area contributed by atoms with E-state index in [9.17, 15) is 9.59 Å². The third-order valence-electron chi connectivity index (χ3n) is 4.56. The first-order valence-corrected chi connectivity index (χ1v) is 9.72. The van der Waals surface area contributed by atoms with Crippen LogP contribution in [0.4, 0.5) is 11.4 Å². The molecule has 0 fully saturated rings. The van der Waals surface area contributed by atoms with Crippen molar-refractivity contribution in [2.75, 3.05) is 10.6 Å². The summed E-state index contributed by atoms with van der Waals surface area (Å²) >= 11 is 1.62. The third-order valence-corrected chi connectivity index (χ3v) is 5.80. The Morgan fingerprint density at radius 2 is 1.88 bits per heavy atom. The van der Waals surface area contributed by atoms with Crippen LogP contribution in [0.25, 0.3) is 0 Å². The van der Waals surface area contributed by atoms with Crippen molar-refractivity contribution in [1.82, 2.24) is 0 Å². The van der Waals surface area contributed by atoms with Crippen molar-refractivity contribution in [3.63, 3.8) is 0 Å². The second kappa shape index (κ2) is 7.83. The number of carbonyl (C=O) groups excluding carboxylic acids is 2. The van der Waals surface area contributed by atoms with Crippen molar-refractivity contribution >= 4 is 34.5 Å². The van der Waals surface area contributed by atoms with Crippen LogP contribution in [-0.2, 0) is 17.6 Å². The largest absolute Gasteiger partial charge is 0.326 e. The van der Waals surface area contributed by atoms with Crippen LogP contribution in [0.3, 0.4) is 0 Å². The van der Waals surface area contributed by atoms with Crippen LogP contribution in [0.1, 0.15) is 58.3 Å². The number of fused-ring (bicyclic) bond motifs is 1. The molecule has 0 saturated heterocycles. The molecule has 0 aliphatic heterocycles. The summed E-state index contributed by atoms with van der Waals surface area (Å²) in [6.07, 6.45) is 6.30. The molecule has 0 bridgehead atoms. The molecule has 0 unspecified atom stereocenters. The molecule has 1 aliphatic rings. The highest BCUT2D eigenvalue weighted by Crippen LogP contribution is 2.30. The van der Waals surface area contributed by atoms with E-state index >= 15 is 0 Å². The fourth-order valence-corrected chi connectivity index (χ4v) is 4.20. The van der Waals surface area contributed by atoms with Crippen LogP contribution >= 0.6 is 11.3 Å². The number of benzene rings is 1. The van der Waals surface area contributed by atoms with E-state index in [1.807, 2.05) is 32.0 Å². The summed E-state index contributed by atoms with van der Waals surface area (Å²) in [5, 5.41) is 5.83. The minimum atomic E-state index is -0.0693. The number of aryl methyl sites for hydroxylation is 3. The Bertz CT molecular complexity index is 771. The number of hydrogen-bond donors (Lipinski definition) is 2. The number of hydrogen-bond acceptors (Lipinski definition) is 3. The summed E-state index contributed by atoms with van der Waals surface area (Å²) in [7, 11) is 0. The molecule has 4 nitrogen and oxygen atoms in total. The van der Waals surface area contributed by atoms with E-state index in [0.717, 1.165) is 29.0 Å². The first kappa shape index (κ1) is 17.7. The van der Waals surface area contributed by atoms with Gasteiger partial charge in [0.05, 0.1) is 4.88 Å². The van der Waals surface area contributed by atoms with Gasteiger partial charge in [-0.25, -0.2) is 0 Å². The highest BCUT2D eigenvalue weighted by molar-refractivity contribution is 7.14. The van der Waals surface area contributed by atoms with Crippen molar-refractivity contribution in [3.8, 4) is 0 Å². The molecule has 0 atom stereocenters. The number of rotatable bonds is 4. The third kappa shape index (κ3) is 4.28. The van der Waals surface area contributed by atoms with Gasteiger partial charge < -0.3 is 10.6 Å². The van der Waals surface area contributed by atoms with E-state index in [1.54, 1.807) is 11.3 Å². The molecule has 2 amide bonds. The molecule has 1 heterocycles. The average molecular weight is 356 g/mol. The van der Waals surface area contributed by atoms with Gasteiger partial charge in [0.1, 0.15) is 0 Å². The van der Waals surface area contributed by atoms with Crippen molar-refractivity contribution < 1.29 is 9.59 Å². The first-order valence-electron chi connectivity index (χ1n) is 8.90. The molecule has 2 aromatic rings. The second-order valence-electron chi connectivity index (χ2n) is 6.51. The Morgan fingerprint density at radius 1 is 1.08 bits per heavy atom. The molecular formula is C20H24N2O2S. The standard InChI is InChI=1S/C20H24N2O2S/c1-3-19(23)21-15-10-9-13(2)16(12-15)22-20(24)18-11-14-7-5-4-6-8-17(14)25-18/h9-12H,3-8H2,1-2H3,(H,21,23)(H,22,24). The van der Waals surface area contributed by atoms with Crippen LogP contribution in [-0.4, -0.2) is 11.8 Å². The molecule has 132 valence electrons. The van der Waals surface area contributed by atoms with Gasteiger partial charge in [0.15, 0.2) is 0 Å². The molecular weight excluding hydrogens is 332 g/mol. The normalized spacial score (nSPS) is 13.7. The highest BCUT2D eigenvalue weighted by Gasteiger charge is 2.17. The summed E-state index contributed by atoms with van der Waals surface area (Å²) in [6.45, 7) is 3.76. The van der Waals surface area contributed by atoms with E-state index in [1.165, 1.54) is 29.7 Å². The van der Waals surface area contributed by atoms with Crippen LogP contribution in [0.2, 0.25) is 0 Å². The molecule has 25 heavy (non-hydrogen) atoms. The number of nitrogens with one attached hydrogen (secondary N) is 2. The molecule has 0 saturated carbocycles. The maximum absolute atomic E-state index is 12.7. The number of amides is 2. The monoisotopic (exact) mass is 356 g/mol. The van der Waals surface area contributed by atoms with Gasteiger partial charge in [-0.05, 0) is 61.9 Å². The quantitative estimate of drug-likeness (QED) is 0.764. The van der Waals surface area contributed by atoms with Crippen molar-refractivity contribution in [1.29, 1.82) is 0 Å². The maximum Gasteiger partial charge on any atom is 0.265 e. The Hall–Kier alpha value is -2.14. The Kier molecular flexibility index (Phi) is 5.53. The summed E-state index contributed by atoms with van der Waals surface area (Å²) in [4.78, 5) is 26.4. The molecule has 1 aromatic heterocycles. The summed E-state index contributed by atoms with van der Waals surface area (Å²) < 4.78 is 0. The summed E-state index contributed by atoms with van der Waals surface area (Å²) in [5.74, 6) is -0.108. The van der Waals surface area contributed by atoms with Gasteiger partial charge in [-0.1, -0.05) is 19.4 Å². The number of thiophene rings is 1. The fourth-order valence-electron chi connectivity index (χ4n) is 3.05. The lowest BCUT2D eigenvalue weighted by Crippen LogP contribution is -2.13. The predicted molar refractivity (Wildman–Crippen MR) is 104 cm³/mol. The van der Waals surface area contributed by atoms with Crippen LogP contribution in [0.15, 0.2) is 24.3 Å². The van der Waals surface area contributed by atoms with Crippen LogP contribution in [0.5, 0.6) is 0 Å². The highest BCUT2D eigenvalue weighted by atomic mass is 32.1. The Labute approximate surface area is 152 Å². The summed E-state index contributed by atoms with van der Waals surface area (Å²) in [5.41, 5.74) is 3.76. The van der Waals surface area contributed by atoms with E-state index in [2.05, 4.69) is 16.7 Å². The lowest BCUT2D eigenvalue weighted by atomic mass is 10.1. The molecule has 0 radical (unpaired) electrons. The lowest BCUT2D eigenvalue weighted by Gasteiger charge is -2.11. The summed E-state index contributed by atoms with van der Waals surface area (Å²) in [6, 6.07) is 7.63. The fraction of sp³-hybridized carbons (Fsp3) is 0.400. The number of carbonyl (C=O) groups is 2. The zero-order chi connectivity index (χ0) is 17.8. The molecule has 1 aliphatic carbocycles. The van der Waals surface area contributed by atoms with Gasteiger partial charge >= 0.3 is 0 Å². The van der Waals surface area contributed by atoms with Gasteiger partial charge in [-0.2, -0.15) is 0 Å². The molecule has 2 N–H and O–H groups in total. The molecule has 1 aromatic carbocycles. The average Bonchev–Trinajstić information content (AvgIpc) is 2.88. The second-order valence-corrected chi connectivity index (χ2v) is 7.64. The Balaban J connectivity index is 1.76. The van der Waals surface area contributed by atoms with E-state index in [0.29, 0.717) is 12.1 Å². The lowest BCUT2D eigenvalue weighted by molar-refractivity contribution is -0.115. The minimum absolute atomic E-state index is 0.0388. The van der Waals surface area contributed by atoms with Gasteiger partial charge in [-0.3, -0.25) is 9.59 Å². The zero-order valence-corrected chi connectivity index (χ0v) is 15.6. The SMILES string of the molecule is CCC(=O)Nc1ccc(C)c(NC(=O)c2cc3c(s2)CCCCC3)c1. The smallest absolute Gasteiger partial charge is 0.265 e. The number of anilines is 2. The van der Waals surface area contributed by atoms with Gasteiger partial charge in [0.25, 0.3) is 5.91 Å². The zero-order valence-electron chi connectivity index (χ0n) is 14.8. The Morgan fingerprint density at radius 3 is 2.68 bits per heavy atom. The van der Waals surface area contributed by atoms with E-state index in [-0.39, 0.29) is 11.8 Å². The van der Waals surface area contributed by atoms with Crippen LogP contribution in [0, 0.1) is 6.92 Å². The van der Waals surface area contributed by atoms with Gasteiger partial charge in [0.2, 0.25) is 5.91 Å². The van der Waals surface area contributed by atoms with Crippen molar-refractivity contribution in [2.24, 2.45) is 0 Å². The molecule has 5 heteroatoms.